The van der Waals surface area contributed by atoms with Gasteiger partial charge >= 0.3 is 5.97 Å². The van der Waals surface area contributed by atoms with Crippen molar-refractivity contribution in [2.24, 2.45) is 0 Å². The Bertz CT molecular complexity index is 1290. The fourth-order valence-electron chi connectivity index (χ4n) is 3.74. The predicted octanol–water partition coefficient (Wildman–Crippen LogP) is 3.11. The first-order valence-electron chi connectivity index (χ1n) is 10.5. The average Bonchev–Trinajstić information content (AvgIpc) is 2.83. The molecule has 1 amide bonds. The summed E-state index contributed by atoms with van der Waals surface area (Å²) in [6, 6.07) is 19.6. The molecule has 9 heteroatoms. The van der Waals surface area contributed by atoms with Gasteiger partial charge in [-0.05, 0) is 34.5 Å². The summed E-state index contributed by atoms with van der Waals surface area (Å²) in [4.78, 5) is 26.2. The van der Waals surface area contributed by atoms with Crippen LogP contribution in [0.2, 0.25) is 5.02 Å². The number of hydrogen-bond donors (Lipinski definition) is 0. The highest BCUT2D eigenvalue weighted by Gasteiger charge is 2.30. The van der Waals surface area contributed by atoms with Gasteiger partial charge in [-0.15, -0.1) is 0 Å². The van der Waals surface area contributed by atoms with Crippen LogP contribution in [0.3, 0.4) is 0 Å². The second kappa shape index (κ2) is 9.91. The number of esters is 1. The number of benzene rings is 3. The first-order valence-corrected chi connectivity index (χ1v) is 12.3. The van der Waals surface area contributed by atoms with E-state index < -0.39 is 16.0 Å². The van der Waals surface area contributed by atoms with Gasteiger partial charge in [0.15, 0.2) is 6.61 Å². The largest absolute Gasteiger partial charge is 0.455 e. The molecular formula is C24H23ClN2O5S. The Morgan fingerprint density at radius 2 is 1.55 bits per heavy atom. The van der Waals surface area contributed by atoms with Gasteiger partial charge in [-0.25, -0.2) is 8.42 Å². The summed E-state index contributed by atoms with van der Waals surface area (Å²) in [5, 5.41) is 2.28. The van der Waals surface area contributed by atoms with E-state index in [0.717, 1.165) is 10.8 Å². The van der Waals surface area contributed by atoms with Crippen molar-refractivity contribution in [3.8, 4) is 0 Å². The monoisotopic (exact) mass is 486 g/mol. The molecule has 0 aliphatic carbocycles. The minimum atomic E-state index is -3.67. The highest BCUT2D eigenvalue weighted by molar-refractivity contribution is 7.89. The normalized spacial score (nSPS) is 14.9. The van der Waals surface area contributed by atoms with Gasteiger partial charge in [-0.3, -0.25) is 9.59 Å². The topological polar surface area (TPSA) is 84.0 Å². The van der Waals surface area contributed by atoms with E-state index in [2.05, 4.69) is 0 Å². The molecule has 0 bridgehead atoms. The maximum atomic E-state index is 13.1. The van der Waals surface area contributed by atoms with E-state index in [9.17, 15) is 18.0 Å². The van der Waals surface area contributed by atoms with Gasteiger partial charge in [0.1, 0.15) is 0 Å². The molecule has 0 spiro atoms. The first kappa shape index (κ1) is 23.2. The number of rotatable bonds is 6. The van der Waals surface area contributed by atoms with Gasteiger partial charge < -0.3 is 9.64 Å². The molecule has 0 aromatic heterocycles. The van der Waals surface area contributed by atoms with Gasteiger partial charge in [0, 0.05) is 31.2 Å². The molecule has 3 aromatic carbocycles. The molecule has 172 valence electrons. The number of nitrogens with zero attached hydrogens (tertiary/aromatic N) is 2. The lowest BCUT2D eigenvalue weighted by Gasteiger charge is -2.33. The van der Waals surface area contributed by atoms with E-state index in [4.69, 9.17) is 16.3 Å². The van der Waals surface area contributed by atoms with Crippen LogP contribution in [0.25, 0.3) is 10.8 Å². The second-order valence-corrected chi connectivity index (χ2v) is 10.1. The number of hydrogen-bond acceptors (Lipinski definition) is 5. The van der Waals surface area contributed by atoms with Crippen molar-refractivity contribution in [2.45, 2.75) is 11.3 Å². The number of fused-ring (bicyclic) bond motifs is 1. The lowest BCUT2D eigenvalue weighted by molar-refractivity contribution is -0.152. The Morgan fingerprint density at radius 3 is 2.27 bits per heavy atom. The molecule has 1 aliphatic heterocycles. The summed E-state index contributed by atoms with van der Waals surface area (Å²) in [6.07, 6.45) is -0.0231. The van der Waals surface area contributed by atoms with E-state index in [-0.39, 0.29) is 50.0 Å². The highest BCUT2D eigenvalue weighted by atomic mass is 35.5. The van der Waals surface area contributed by atoms with Crippen LogP contribution in [0.1, 0.15) is 5.56 Å². The van der Waals surface area contributed by atoms with Crippen molar-refractivity contribution in [2.75, 3.05) is 32.8 Å². The SMILES string of the molecule is O=C(Cc1ccccc1Cl)OCC(=O)N1CCN(S(=O)(=O)c2ccc3ccccc3c2)CC1. The van der Waals surface area contributed by atoms with Gasteiger partial charge in [-0.1, -0.05) is 60.1 Å². The molecule has 0 radical (unpaired) electrons. The Hall–Kier alpha value is -2.94. The zero-order chi connectivity index (χ0) is 23.4. The third-order valence-electron chi connectivity index (χ3n) is 5.60. The Balaban J connectivity index is 1.30. The number of sulfonamides is 1. The molecule has 0 atom stereocenters. The third kappa shape index (κ3) is 5.35. The smallest absolute Gasteiger partial charge is 0.310 e. The van der Waals surface area contributed by atoms with Crippen molar-refractivity contribution >= 4 is 44.3 Å². The van der Waals surface area contributed by atoms with Gasteiger partial charge in [0.05, 0.1) is 11.3 Å². The Kier molecular flexibility index (Phi) is 6.97. The first-order chi connectivity index (χ1) is 15.8. The van der Waals surface area contributed by atoms with Crippen LogP contribution in [0.4, 0.5) is 0 Å². The summed E-state index contributed by atoms with van der Waals surface area (Å²) < 4.78 is 32.6. The summed E-state index contributed by atoms with van der Waals surface area (Å²) in [5.74, 6) is -0.903. The fourth-order valence-corrected chi connectivity index (χ4v) is 5.40. The van der Waals surface area contributed by atoms with Crippen LogP contribution < -0.4 is 0 Å². The Labute approximate surface area is 197 Å². The average molecular weight is 487 g/mol. The molecule has 3 aromatic rings. The zero-order valence-corrected chi connectivity index (χ0v) is 19.4. The minimum absolute atomic E-state index is 0.0231. The van der Waals surface area contributed by atoms with Crippen LogP contribution in [-0.2, 0) is 30.8 Å². The lowest BCUT2D eigenvalue weighted by Crippen LogP contribution is -2.51. The summed E-state index contributed by atoms with van der Waals surface area (Å²) >= 11 is 6.04. The maximum Gasteiger partial charge on any atom is 0.310 e. The molecule has 4 rings (SSSR count). The van der Waals surface area contributed by atoms with E-state index in [1.54, 1.807) is 42.5 Å². The van der Waals surface area contributed by atoms with Crippen LogP contribution in [0.15, 0.2) is 71.6 Å². The lowest BCUT2D eigenvalue weighted by atomic mass is 10.1. The van der Waals surface area contributed by atoms with E-state index in [1.807, 2.05) is 24.3 Å². The number of halogens is 1. The van der Waals surface area contributed by atoms with Crippen LogP contribution in [0, 0.1) is 0 Å². The molecular weight excluding hydrogens is 464 g/mol. The molecule has 33 heavy (non-hydrogen) atoms. The molecule has 1 fully saturated rings. The molecule has 0 saturated carbocycles. The number of carbonyl (C=O) groups excluding carboxylic acids is 2. The van der Waals surface area contributed by atoms with Crippen molar-refractivity contribution in [1.29, 1.82) is 0 Å². The molecule has 0 N–H and O–H groups in total. The minimum Gasteiger partial charge on any atom is -0.455 e. The molecule has 0 unspecified atom stereocenters. The van der Waals surface area contributed by atoms with Gasteiger partial charge in [0.25, 0.3) is 5.91 Å². The quantitative estimate of drug-likeness (QED) is 0.500. The molecule has 1 aliphatic rings. The van der Waals surface area contributed by atoms with Crippen LogP contribution in [0.5, 0.6) is 0 Å². The summed E-state index contributed by atoms with van der Waals surface area (Å²) in [7, 11) is -3.67. The Morgan fingerprint density at radius 1 is 0.879 bits per heavy atom. The van der Waals surface area contributed by atoms with E-state index in [1.165, 1.54) is 9.21 Å². The van der Waals surface area contributed by atoms with E-state index >= 15 is 0 Å². The van der Waals surface area contributed by atoms with Gasteiger partial charge in [-0.2, -0.15) is 4.31 Å². The van der Waals surface area contributed by atoms with Crippen LogP contribution in [-0.4, -0.2) is 62.3 Å². The predicted molar refractivity (Wildman–Crippen MR) is 125 cm³/mol. The third-order valence-corrected chi connectivity index (χ3v) is 7.86. The molecule has 7 nitrogen and oxygen atoms in total. The van der Waals surface area contributed by atoms with Crippen molar-refractivity contribution < 1.29 is 22.7 Å². The molecule has 1 saturated heterocycles. The standard InChI is InChI=1S/C24H23ClN2O5S/c25-22-8-4-3-7-20(22)16-24(29)32-17-23(28)26-11-13-27(14-12-26)33(30,31)21-10-9-18-5-1-2-6-19(18)15-21/h1-10,15H,11-14,16-17H2. The van der Waals surface area contributed by atoms with Crippen molar-refractivity contribution in [1.82, 2.24) is 9.21 Å². The number of carbonyl (C=O) groups is 2. The summed E-state index contributed by atoms with van der Waals surface area (Å²) in [5.41, 5.74) is 0.629. The second-order valence-electron chi connectivity index (χ2n) is 7.72. The van der Waals surface area contributed by atoms with Crippen LogP contribution >= 0.6 is 11.6 Å². The highest BCUT2D eigenvalue weighted by Crippen LogP contribution is 2.23. The molecule has 1 heterocycles. The summed E-state index contributed by atoms with van der Waals surface area (Å²) in [6.45, 7) is 0.422. The fraction of sp³-hybridized carbons (Fsp3) is 0.250. The van der Waals surface area contributed by atoms with Gasteiger partial charge in [0.2, 0.25) is 10.0 Å². The maximum absolute atomic E-state index is 13.1. The van der Waals surface area contributed by atoms with E-state index in [0.29, 0.717) is 10.6 Å². The number of amides is 1. The zero-order valence-electron chi connectivity index (χ0n) is 17.8. The number of ether oxygens (including phenoxy) is 1. The number of piperazine rings is 1. The van der Waals surface area contributed by atoms with Crippen molar-refractivity contribution in [3.63, 3.8) is 0 Å². The van der Waals surface area contributed by atoms with Crippen molar-refractivity contribution in [3.05, 3.63) is 77.3 Å².